The Kier molecular flexibility index (Phi) is 6.42. The highest BCUT2D eigenvalue weighted by molar-refractivity contribution is 7.98. The second-order valence-electron chi connectivity index (χ2n) is 1.94. The smallest absolute Gasteiger partial charge is 0.332 e. The van der Waals surface area contributed by atoms with Crippen LogP contribution in [-0.4, -0.2) is 36.7 Å². The lowest BCUT2D eigenvalue weighted by Gasteiger charge is -2.06. The molecule has 0 aliphatic carbocycles. The Hall–Kier alpha value is -0.800. The molecule has 1 atom stereocenters. The van der Waals surface area contributed by atoms with E-state index in [1.807, 2.05) is 6.26 Å². The first-order valence-corrected chi connectivity index (χ1v) is 4.88. The molecule has 0 bridgehead atoms. The predicted molar refractivity (Wildman–Crippen MR) is 46.9 cm³/mol. The van der Waals surface area contributed by atoms with E-state index in [4.69, 9.17) is 0 Å². The fourth-order valence-electron chi connectivity index (χ4n) is 0.618. The van der Waals surface area contributed by atoms with E-state index in [1.54, 1.807) is 6.92 Å². The van der Waals surface area contributed by atoms with Gasteiger partial charge in [-0.3, -0.25) is 0 Å². The van der Waals surface area contributed by atoms with Crippen LogP contribution in [0.4, 0.5) is 0 Å². The standard InChI is InChI=1S/C7H11NO3S/c1-3-11-7(10)6(4-12-2)8-5-9/h6H,3-4H2,1-2H3. The van der Waals surface area contributed by atoms with Crippen molar-refractivity contribution in [1.29, 1.82) is 0 Å². The van der Waals surface area contributed by atoms with Crippen LogP contribution in [0.15, 0.2) is 4.99 Å². The van der Waals surface area contributed by atoms with E-state index in [1.165, 1.54) is 17.8 Å². The Balaban J connectivity index is 4.08. The zero-order valence-corrected chi connectivity index (χ0v) is 7.89. The normalized spacial score (nSPS) is 11.5. The topological polar surface area (TPSA) is 55.7 Å². The van der Waals surface area contributed by atoms with E-state index < -0.39 is 12.0 Å². The Morgan fingerprint density at radius 2 is 2.42 bits per heavy atom. The molecule has 0 spiro atoms. The highest BCUT2D eigenvalue weighted by atomic mass is 32.2. The summed E-state index contributed by atoms with van der Waals surface area (Å²) < 4.78 is 4.68. The molecule has 0 aromatic rings. The Bertz CT molecular complexity index is 189. The van der Waals surface area contributed by atoms with E-state index >= 15 is 0 Å². The lowest BCUT2D eigenvalue weighted by molar-refractivity contribution is -0.143. The molecule has 5 heteroatoms. The summed E-state index contributed by atoms with van der Waals surface area (Å²) in [6.45, 7) is 2.01. The van der Waals surface area contributed by atoms with Gasteiger partial charge in [0.05, 0.1) is 6.61 Å². The van der Waals surface area contributed by atoms with Gasteiger partial charge in [-0.2, -0.15) is 16.8 Å². The van der Waals surface area contributed by atoms with Crippen LogP contribution in [0.5, 0.6) is 0 Å². The number of ether oxygens (including phenoxy) is 1. The van der Waals surface area contributed by atoms with Gasteiger partial charge < -0.3 is 4.74 Å². The van der Waals surface area contributed by atoms with Crippen molar-refractivity contribution in [2.45, 2.75) is 13.0 Å². The average Bonchev–Trinajstić information content (AvgIpc) is 2.04. The maximum absolute atomic E-state index is 11.0. The monoisotopic (exact) mass is 189 g/mol. The summed E-state index contributed by atoms with van der Waals surface area (Å²) in [6, 6.07) is -0.697. The van der Waals surface area contributed by atoms with E-state index in [0.717, 1.165) is 0 Å². The number of carbonyl (C=O) groups is 1. The number of hydrogen-bond donors (Lipinski definition) is 0. The third kappa shape index (κ3) is 4.16. The van der Waals surface area contributed by atoms with E-state index in [0.29, 0.717) is 12.4 Å². The van der Waals surface area contributed by atoms with Gasteiger partial charge in [0.1, 0.15) is 0 Å². The molecule has 0 aromatic carbocycles. The number of thioether (sulfide) groups is 1. The van der Waals surface area contributed by atoms with Crippen LogP contribution >= 0.6 is 11.8 Å². The van der Waals surface area contributed by atoms with Crippen LogP contribution in [-0.2, 0) is 14.3 Å². The number of rotatable bonds is 5. The predicted octanol–water partition coefficient (Wildman–Crippen LogP) is 0.617. The summed E-state index contributed by atoms with van der Waals surface area (Å²) in [7, 11) is 0. The third-order valence-corrected chi connectivity index (χ3v) is 1.74. The second kappa shape index (κ2) is 6.88. The molecule has 0 saturated heterocycles. The van der Waals surface area contributed by atoms with Crippen molar-refractivity contribution in [3.8, 4) is 0 Å². The van der Waals surface area contributed by atoms with Gasteiger partial charge in [-0.05, 0) is 13.2 Å². The summed E-state index contributed by atoms with van der Waals surface area (Å²) in [5.74, 6) is -0.0103. The van der Waals surface area contributed by atoms with Crippen LogP contribution in [0.25, 0.3) is 0 Å². The summed E-state index contributed by atoms with van der Waals surface area (Å²) in [5, 5.41) is 0. The molecule has 12 heavy (non-hydrogen) atoms. The molecular weight excluding hydrogens is 178 g/mol. The molecule has 1 unspecified atom stereocenters. The quantitative estimate of drug-likeness (QED) is 0.361. The van der Waals surface area contributed by atoms with Crippen molar-refractivity contribution >= 4 is 23.8 Å². The Morgan fingerprint density at radius 1 is 1.75 bits per heavy atom. The molecule has 0 heterocycles. The largest absolute Gasteiger partial charge is 0.464 e. The Morgan fingerprint density at radius 3 is 2.83 bits per heavy atom. The fourth-order valence-corrected chi connectivity index (χ4v) is 1.14. The van der Waals surface area contributed by atoms with Gasteiger partial charge in [0, 0.05) is 5.75 Å². The zero-order chi connectivity index (χ0) is 9.40. The maximum atomic E-state index is 11.0. The molecule has 0 saturated carbocycles. The lowest BCUT2D eigenvalue weighted by atomic mass is 10.4. The van der Waals surface area contributed by atoms with E-state index in [9.17, 15) is 9.59 Å². The second-order valence-corrected chi connectivity index (χ2v) is 2.85. The highest BCUT2D eigenvalue weighted by Crippen LogP contribution is 2.02. The first kappa shape index (κ1) is 11.2. The van der Waals surface area contributed by atoms with Gasteiger partial charge in [0.15, 0.2) is 6.04 Å². The van der Waals surface area contributed by atoms with Crippen LogP contribution in [0, 0.1) is 0 Å². The van der Waals surface area contributed by atoms with Crippen molar-refractivity contribution in [3.63, 3.8) is 0 Å². The summed E-state index contributed by atoms with van der Waals surface area (Å²) in [4.78, 5) is 24.2. The molecule has 68 valence electrons. The molecular formula is C7H11NO3S. The molecule has 0 N–H and O–H groups in total. The minimum Gasteiger partial charge on any atom is -0.464 e. The van der Waals surface area contributed by atoms with Crippen LogP contribution in [0.2, 0.25) is 0 Å². The zero-order valence-electron chi connectivity index (χ0n) is 7.07. The molecule has 0 aliphatic heterocycles. The summed E-state index contributed by atoms with van der Waals surface area (Å²) >= 11 is 1.43. The summed E-state index contributed by atoms with van der Waals surface area (Å²) in [6.07, 6.45) is 3.18. The van der Waals surface area contributed by atoms with Crippen molar-refractivity contribution in [2.24, 2.45) is 4.99 Å². The SMILES string of the molecule is CCOC(=O)C(CSC)N=C=O. The van der Waals surface area contributed by atoms with Crippen molar-refractivity contribution in [3.05, 3.63) is 0 Å². The number of carbonyl (C=O) groups excluding carboxylic acids is 2. The van der Waals surface area contributed by atoms with Gasteiger partial charge in [-0.15, -0.1) is 0 Å². The van der Waals surface area contributed by atoms with E-state index in [-0.39, 0.29) is 0 Å². The minimum absolute atomic E-state index is 0.304. The molecule has 0 radical (unpaired) electrons. The van der Waals surface area contributed by atoms with Crippen molar-refractivity contribution in [2.75, 3.05) is 18.6 Å². The molecule has 0 aromatic heterocycles. The molecule has 4 nitrogen and oxygen atoms in total. The van der Waals surface area contributed by atoms with Gasteiger partial charge in [0.25, 0.3) is 0 Å². The fraction of sp³-hybridized carbons (Fsp3) is 0.714. The van der Waals surface area contributed by atoms with E-state index in [2.05, 4.69) is 9.73 Å². The molecule has 0 rings (SSSR count). The van der Waals surface area contributed by atoms with Crippen LogP contribution in [0.1, 0.15) is 6.92 Å². The number of isocyanates is 1. The third-order valence-electron chi connectivity index (χ3n) is 1.09. The van der Waals surface area contributed by atoms with Gasteiger partial charge in [0.2, 0.25) is 6.08 Å². The van der Waals surface area contributed by atoms with Crippen LogP contribution < -0.4 is 0 Å². The number of esters is 1. The number of aliphatic imine (C=N–C) groups is 1. The molecule has 0 amide bonds. The minimum atomic E-state index is -0.697. The lowest BCUT2D eigenvalue weighted by Crippen LogP contribution is -2.23. The highest BCUT2D eigenvalue weighted by Gasteiger charge is 2.17. The average molecular weight is 189 g/mol. The number of hydrogen-bond acceptors (Lipinski definition) is 5. The molecule has 0 aliphatic rings. The first-order valence-electron chi connectivity index (χ1n) is 3.48. The Labute approximate surface area is 75.4 Å². The van der Waals surface area contributed by atoms with Gasteiger partial charge in [-0.25, -0.2) is 9.59 Å². The number of nitrogens with zero attached hydrogens (tertiary/aromatic N) is 1. The first-order chi connectivity index (χ1) is 5.76. The van der Waals surface area contributed by atoms with Crippen molar-refractivity contribution in [1.82, 2.24) is 0 Å². The van der Waals surface area contributed by atoms with Gasteiger partial charge in [-0.1, -0.05) is 0 Å². The maximum Gasteiger partial charge on any atom is 0.332 e. The van der Waals surface area contributed by atoms with Crippen LogP contribution in [0.3, 0.4) is 0 Å². The van der Waals surface area contributed by atoms with Crippen molar-refractivity contribution < 1.29 is 14.3 Å². The molecule has 0 fully saturated rings. The summed E-state index contributed by atoms with van der Waals surface area (Å²) in [5.41, 5.74) is 0. The van der Waals surface area contributed by atoms with Gasteiger partial charge >= 0.3 is 5.97 Å².